The minimum atomic E-state index is -1.26. The molecule has 0 saturated carbocycles. The molecule has 0 aromatic heterocycles. The summed E-state index contributed by atoms with van der Waals surface area (Å²) in [5.41, 5.74) is 0. The molecule has 0 amide bonds. The molecule has 0 aromatic rings. The number of thioether (sulfide) groups is 1. The number of carboxylic acids is 2. The summed E-state index contributed by atoms with van der Waals surface area (Å²) < 4.78 is 0. The second-order valence-electron chi connectivity index (χ2n) is 1.24. The van der Waals surface area contributed by atoms with Crippen LogP contribution < -0.4 is 113 Å². The first-order valence-electron chi connectivity index (χ1n) is 2.10. The predicted molar refractivity (Wildman–Crippen MR) is 27.3 cm³/mol. The van der Waals surface area contributed by atoms with E-state index in [2.05, 4.69) is 0 Å². The van der Waals surface area contributed by atoms with Gasteiger partial charge >= 0.3 is 103 Å². The van der Waals surface area contributed by atoms with E-state index in [0.717, 1.165) is 11.8 Å². The zero-order valence-electron chi connectivity index (χ0n) is 6.46. The van der Waals surface area contributed by atoms with Gasteiger partial charge in [-0.25, -0.2) is 0 Å². The van der Waals surface area contributed by atoms with Gasteiger partial charge in [-0.3, -0.25) is 0 Å². The molecule has 0 fully saturated rings. The first-order valence-corrected chi connectivity index (χ1v) is 3.26. The van der Waals surface area contributed by atoms with Crippen molar-refractivity contribution >= 4 is 23.7 Å². The van der Waals surface area contributed by atoms with Gasteiger partial charge in [-0.05, 0) is 0 Å². The molecule has 0 unspecified atom stereocenters. The molecule has 0 bridgehead atoms. The molecule has 0 rings (SSSR count). The molecule has 0 aliphatic carbocycles. The van der Waals surface area contributed by atoms with E-state index >= 15 is 0 Å². The third-order valence-corrected chi connectivity index (χ3v) is 1.32. The Morgan fingerprint density at radius 2 is 1.27 bits per heavy atom. The van der Waals surface area contributed by atoms with Crippen molar-refractivity contribution in [3.05, 3.63) is 0 Å². The maximum Gasteiger partial charge on any atom is 1.00 e. The van der Waals surface area contributed by atoms with E-state index in [1.165, 1.54) is 0 Å². The fourth-order valence-electron chi connectivity index (χ4n) is 0.218. The van der Waals surface area contributed by atoms with E-state index < -0.39 is 11.9 Å². The van der Waals surface area contributed by atoms with Gasteiger partial charge in [-0.1, -0.05) is 0 Å². The van der Waals surface area contributed by atoms with Crippen LogP contribution in [0.3, 0.4) is 0 Å². The van der Waals surface area contributed by atoms with Gasteiger partial charge in [0.25, 0.3) is 0 Å². The monoisotopic (exact) mass is 226 g/mol. The normalized spacial score (nSPS) is 7.27. The van der Waals surface area contributed by atoms with Crippen molar-refractivity contribution in [2.45, 2.75) is 0 Å². The molecule has 0 radical (unpaired) electrons. The molecule has 0 aromatic carbocycles. The molecular formula is C4H4K2O4S. The van der Waals surface area contributed by atoms with Crippen LogP contribution in [0.25, 0.3) is 0 Å². The van der Waals surface area contributed by atoms with E-state index in [-0.39, 0.29) is 114 Å². The van der Waals surface area contributed by atoms with Gasteiger partial charge in [0, 0.05) is 11.5 Å². The van der Waals surface area contributed by atoms with E-state index in [9.17, 15) is 19.8 Å². The number of carbonyl (C=O) groups excluding carboxylic acids is 2. The van der Waals surface area contributed by atoms with Gasteiger partial charge in [0.2, 0.25) is 0 Å². The SMILES string of the molecule is O=C([O-])CSCC(=O)[O-].[K+].[K+]. The summed E-state index contributed by atoms with van der Waals surface area (Å²) in [6, 6.07) is 0. The maximum absolute atomic E-state index is 9.64. The molecule has 0 aliphatic heterocycles. The predicted octanol–water partition coefficient (Wildman–Crippen LogP) is -8.77. The van der Waals surface area contributed by atoms with Crippen LogP contribution in [0.15, 0.2) is 0 Å². The molecule has 52 valence electrons. The Labute approximate surface area is 154 Å². The summed E-state index contributed by atoms with van der Waals surface area (Å²) in [7, 11) is 0. The minimum absolute atomic E-state index is 0. The van der Waals surface area contributed by atoms with Crippen LogP contribution in [0.5, 0.6) is 0 Å². The van der Waals surface area contributed by atoms with Crippen LogP contribution in [-0.2, 0) is 9.59 Å². The van der Waals surface area contributed by atoms with E-state index in [0.29, 0.717) is 0 Å². The van der Waals surface area contributed by atoms with Crippen LogP contribution in [0.4, 0.5) is 0 Å². The van der Waals surface area contributed by atoms with Gasteiger partial charge in [0.15, 0.2) is 0 Å². The third-order valence-electron chi connectivity index (χ3n) is 0.440. The van der Waals surface area contributed by atoms with Crippen LogP contribution >= 0.6 is 11.8 Å². The average molecular weight is 226 g/mol. The van der Waals surface area contributed by atoms with E-state index in [1.54, 1.807) is 0 Å². The minimum Gasteiger partial charge on any atom is -0.549 e. The average Bonchev–Trinajstić information content (AvgIpc) is 1.63. The van der Waals surface area contributed by atoms with Crippen molar-refractivity contribution in [3.8, 4) is 0 Å². The summed E-state index contributed by atoms with van der Waals surface area (Å²) in [4.78, 5) is 19.3. The van der Waals surface area contributed by atoms with Crippen LogP contribution in [0.2, 0.25) is 0 Å². The van der Waals surface area contributed by atoms with Gasteiger partial charge in [0.1, 0.15) is 0 Å². The number of carboxylic acid groups (broad SMARTS) is 2. The number of rotatable bonds is 4. The molecule has 0 atom stereocenters. The van der Waals surface area contributed by atoms with Gasteiger partial charge in [-0.2, -0.15) is 0 Å². The Morgan fingerprint density at radius 1 is 1.00 bits per heavy atom. The molecule has 0 aliphatic rings. The van der Waals surface area contributed by atoms with Gasteiger partial charge in [0.05, 0.1) is 11.9 Å². The topological polar surface area (TPSA) is 80.3 Å². The zero-order chi connectivity index (χ0) is 7.28. The fraction of sp³-hybridized carbons (Fsp3) is 0.500. The second kappa shape index (κ2) is 12.6. The van der Waals surface area contributed by atoms with Crippen LogP contribution in [-0.4, -0.2) is 23.4 Å². The van der Waals surface area contributed by atoms with Crippen molar-refractivity contribution in [3.63, 3.8) is 0 Å². The zero-order valence-corrected chi connectivity index (χ0v) is 13.5. The number of hydrogen-bond acceptors (Lipinski definition) is 5. The van der Waals surface area contributed by atoms with Crippen molar-refractivity contribution in [1.29, 1.82) is 0 Å². The molecule has 0 N–H and O–H groups in total. The van der Waals surface area contributed by atoms with Crippen LogP contribution in [0.1, 0.15) is 0 Å². The third kappa shape index (κ3) is 19.1. The summed E-state index contributed by atoms with van der Waals surface area (Å²) in [5, 5.41) is 19.3. The molecule has 11 heavy (non-hydrogen) atoms. The number of hydrogen-bond donors (Lipinski definition) is 0. The Hall–Kier alpha value is 2.56. The molecular weight excluding hydrogens is 222 g/mol. The first kappa shape index (κ1) is 19.2. The van der Waals surface area contributed by atoms with E-state index in [4.69, 9.17) is 0 Å². The Balaban J connectivity index is -0.000000320. The molecule has 0 saturated heterocycles. The van der Waals surface area contributed by atoms with Gasteiger partial charge in [-0.15, -0.1) is 11.8 Å². The summed E-state index contributed by atoms with van der Waals surface area (Å²) in [6.45, 7) is 0. The van der Waals surface area contributed by atoms with Gasteiger partial charge < -0.3 is 19.8 Å². The summed E-state index contributed by atoms with van der Waals surface area (Å²) in [6.07, 6.45) is 0. The number of aliphatic carboxylic acids is 2. The van der Waals surface area contributed by atoms with Crippen molar-refractivity contribution in [2.24, 2.45) is 0 Å². The fourth-order valence-corrected chi connectivity index (χ4v) is 0.653. The van der Waals surface area contributed by atoms with Crippen molar-refractivity contribution in [2.75, 3.05) is 11.5 Å². The second-order valence-corrected chi connectivity index (χ2v) is 2.22. The van der Waals surface area contributed by atoms with Crippen molar-refractivity contribution in [1.82, 2.24) is 0 Å². The largest absolute Gasteiger partial charge is 1.00 e. The smallest absolute Gasteiger partial charge is 0.549 e. The molecule has 4 nitrogen and oxygen atoms in total. The Kier molecular flexibility index (Phi) is 21.9. The summed E-state index contributed by atoms with van der Waals surface area (Å²) >= 11 is 0.745. The Morgan fingerprint density at radius 3 is 1.45 bits per heavy atom. The standard InChI is InChI=1S/C4H6O4S.2K/c5-3(6)1-9-2-4(7)8;;/h1-2H2,(H,5,6)(H,7,8);;/q;2*+1/p-2. The number of carbonyl (C=O) groups is 2. The first-order chi connectivity index (χ1) is 4.13. The van der Waals surface area contributed by atoms with Crippen molar-refractivity contribution < 1.29 is 123 Å². The quantitative estimate of drug-likeness (QED) is 0.445. The summed E-state index contributed by atoms with van der Waals surface area (Å²) in [5.74, 6) is -3.12. The Bertz CT molecular complexity index is 115. The maximum atomic E-state index is 9.64. The molecule has 7 heteroatoms. The van der Waals surface area contributed by atoms with Crippen LogP contribution in [0, 0.1) is 0 Å². The van der Waals surface area contributed by atoms with E-state index in [1.807, 2.05) is 0 Å². The molecule has 0 heterocycles. The molecule has 0 spiro atoms.